The lowest BCUT2D eigenvalue weighted by Gasteiger charge is -2.10. The molecule has 25 heavy (non-hydrogen) atoms. The number of nitrogens with one attached hydrogen (secondary N) is 1. The molecule has 0 bridgehead atoms. The van der Waals surface area contributed by atoms with Crippen molar-refractivity contribution in [3.63, 3.8) is 0 Å². The molecule has 1 aromatic heterocycles. The number of amides is 1. The van der Waals surface area contributed by atoms with Crippen molar-refractivity contribution in [2.45, 2.75) is 25.5 Å². The Morgan fingerprint density at radius 3 is 2.64 bits per heavy atom. The zero-order valence-electron chi connectivity index (χ0n) is 14.3. The summed E-state index contributed by atoms with van der Waals surface area (Å²) in [4.78, 5) is 12.4. The van der Waals surface area contributed by atoms with E-state index in [1.54, 1.807) is 11.8 Å². The average Bonchev–Trinajstić information content (AvgIpc) is 3.03. The molecule has 0 unspecified atom stereocenters. The number of rotatable bonds is 6. The zero-order valence-corrected chi connectivity index (χ0v) is 15.1. The highest BCUT2D eigenvalue weighted by Crippen LogP contribution is 2.21. The number of benzene rings is 2. The van der Waals surface area contributed by atoms with Crippen molar-refractivity contribution < 1.29 is 4.79 Å². The van der Waals surface area contributed by atoms with Gasteiger partial charge in [0.2, 0.25) is 0 Å². The molecule has 0 saturated heterocycles. The highest BCUT2D eigenvalue weighted by atomic mass is 32.2. The largest absolute Gasteiger partial charge is 0.345 e. The van der Waals surface area contributed by atoms with Gasteiger partial charge < -0.3 is 5.32 Å². The molecule has 5 nitrogen and oxygen atoms in total. The molecule has 6 heteroatoms. The summed E-state index contributed by atoms with van der Waals surface area (Å²) < 4.78 is 1.99. The van der Waals surface area contributed by atoms with Crippen LogP contribution >= 0.6 is 11.8 Å². The first-order chi connectivity index (χ1) is 12.2. The summed E-state index contributed by atoms with van der Waals surface area (Å²) in [6.07, 6.45) is 0. The van der Waals surface area contributed by atoms with E-state index in [4.69, 9.17) is 0 Å². The van der Waals surface area contributed by atoms with Gasteiger partial charge in [-0.25, -0.2) is 0 Å². The van der Waals surface area contributed by atoms with E-state index in [1.807, 2.05) is 66.1 Å². The van der Waals surface area contributed by atoms with Crippen LogP contribution in [0.25, 0.3) is 5.69 Å². The molecule has 0 saturated carbocycles. The van der Waals surface area contributed by atoms with Gasteiger partial charge in [0.05, 0.1) is 6.54 Å². The van der Waals surface area contributed by atoms with Gasteiger partial charge in [-0.05, 0) is 36.9 Å². The topological polar surface area (TPSA) is 59.8 Å². The number of aromatic nitrogens is 3. The van der Waals surface area contributed by atoms with Gasteiger partial charge in [-0.15, -0.1) is 10.2 Å². The highest BCUT2D eigenvalue weighted by molar-refractivity contribution is 7.99. The Hall–Kier alpha value is -2.60. The summed E-state index contributed by atoms with van der Waals surface area (Å²) in [7, 11) is 0. The second-order valence-corrected chi connectivity index (χ2v) is 6.79. The fourth-order valence-corrected chi connectivity index (χ4v) is 3.22. The number of hydrogen-bond donors (Lipinski definition) is 1. The maximum Gasteiger partial charge on any atom is 0.251 e. The lowest BCUT2D eigenvalue weighted by Crippen LogP contribution is -2.24. The Bertz CT molecular complexity index is 861. The minimum absolute atomic E-state index is 0.115. The number of para-hydroxylation sites is 1. The molecule has 0 aliphatic rings. The average molecular weight is 352 g/mol. The number of hydrogen-bond acceptors (Lipinski definition) is 4. The summed E-state index contributed by atoms with van der Waals surface area (Å²) in [6, 6.07) is 17.5. The third kappa shape index (κ3) is 4.09. The summed E-state index contributed by atoms with van der Waals surface area (Å²) in [5, 5.41) is 12.3. The smallest absolute Gasteiger partial charge is 0.251 e. The molecule has 1 N–H and O–H groups in total. The lowest BCUT2D eigenvalue weighted by molar-refractivity contribution is 0.0949. The lowest BCUT2D eigenvalue weighted by atomic mass is 10.1. The van der Waals surface area contributed by atoms with Gasteiger partial charge in [0.25, 0.3) is 5.91 Å². The number of thioether (sulfide) groups is 1. The molecular formula is C19H20N4OS. The quantitative estimate of drug-likeness (QED) is 0.689. The standard InChI is InChI=1S/C19H20N4OS/c1-3-25-19-22-21-17(23(19)16-10-5-4-6-11-16)13-20-18(24)15-9-7-8-14(2)12-15/h4-12H,3,13H2,1-2H3,(H,20,24). The van der Waals surface area contributed by atoms with Crippen LogP contribution in [0.5, 0.6) is 0 Å². The van der Waals surface area contributed by atoms with E-state index in [-0.39, 0.29) is 5.91 Å². The Morgan fingerprint density at radius 2 is 1.92 bits per heavy atom. The molecular weight excluding hydrogens is 332 g/mol. The van der Waals surface area contributed by atoms with Crippen molar-refractivity contribution >= 4 is 17.7 Å². The number of carbonyl (C=O) groups is 1. The van der Waals surface area contributed by atoms with Crippen LogP contribution in [-0.2, 0) is 6.54 Å². The van der Waals surface area contributed by atoms with Crippen LogP contribution in [0, 0.1) is 6.92 Å². The van der Waals surface area contributed by atoms with Crippen LogP contribution in [0.1, 0.15) is 28.7 Å². The van der Waals surface area contributed by atoms with Crippen LogP contribution < -0.4 is 5.32 Å². The molecule has 0 radical (unpaired) electrons. The number of nitrogens with zero attached hydrogens (tertiary/aromatic N) is 3. The van der Waals surface area contributed by atoms with E-state index in [2.05, 4.69) is 22.4 Å². The van der Waals surface area contributed by atoms with Crippen LogP contribution in [0.2, 0.25) is 0 Å². The monoisotopic (exact) mass is 352 g/mol. The SMILES string of the molecule is CCSc1nnc(CNC(=O)c2cccc(C)c2)n1-c1ccccc1. The molecule has 3 rings (SSSR count). The van der Waals surface area contributed by atoms with E-state index in [1.165, 1.54) is 0 Å². The van der Waals surface area contributed by atoms with Crippen LogP contribution in [0.4, 0.5) is 0 Å². The molecule has 3 aromatic rings. The van der Waals surface area contributed by atoms with Gasteiger partial charge in [-0.1, -0.05) is 54.6 Å². The van der Waals surface area contributed by atoms with E-state index in [0.717, 1.165) is 22.2 Å². The Kier molecular flexibility index (Phi) is 5.50. The van der Waals surface area contributed by atoms with Gasteiger partial charge in [0, 0.05) is 11.3 Å². The van der Waals surface area contributed by atoms with E-state index >= 15 is 0 Å². The second-order valence-electron chi connectivity index (χ2n) is 5.55. The van der Waals surface area contributed by atoms with Crippen molar-refractivity contribution in [3.05, 3.63) is 71.5 Å². The van der Waals surface area contributed by atoms with Gasteiger partial charge >= 0.3 is 0 Å². The van der Waals surface area contributed by atoms with Crippen molar-refractivity contribution in [2.75, 3.05) is 5.75 Å². The van der Waals surface area contributed by atoms with Gasteiger partial charge in [-0.2, -0.15) is 0 Å². The van der Waals surface area contributed by atoms with Crippen molar-refractivity contribution in [3.8, 4) is 5.69 Å². The molecule has 0 fully saturated rings. The Morgan fingerprint density at radius 1 is 1.12 bits per heavy atom. The molecule has 0 atom stereocenters. The first kappa shape index (κ1) is 17.2. The third-order valence-corrected chi connectivity index (χ3v) is 4.49. The van der Waals surface area contributed by atoms with Gasteiger partial charge in [-0.3, -0.25) is 9.36 Å². The molecule has 1 heterocycles. The summed E-state index contributed by atoms with van der Waals surface area (Å²) in [5.74, 6) is 1.50. The first-order valence-electron chi connectivity index (χ1n) is 8.16. The highest BCUT2D eigenvalue weighted by Gasteiger charge is 2.15. The molecule has 0 aliphatic carbocycles. The van der Waals surface area contributed by atoms with E-state index in [0.29, 0.717) is 17.9 Å². The van der Waals surface area contributed by atoms with Gasteiger partial charge in [0.1, 0.15) is 0 Å². The molecule has 0 aliphatic heterocycles. The minimum Gasteiger partial charge on any atom is -0.345 e. The van der Waals surface area contributed by atoms with Crippen molar-refractivity contribution in [2.24, 2.45) is 0 Å². The second kappa shape index (κ2) is 7.98. The summed E-state index contributed by atoms with van der Waals surface area (Å²) in [5.41, 5.74) is 2.69. The van der Waals surface area contributed by atoms with E-state index < -0.39 is 0 Å². The fourth-order valence-electron chi connectivity index (χ4n) is 2.52. The third-order valence-electron chi connectivity index (χ3n) is 3.68. The molecule has 0 spiro atoms. The van der Waals surface area contributed by atoms with E-state index in [9.17, 15) is 4.79 Å². The first-order valence-corrected chi connectivity index (χ1v) is 9.15. The Labute approximate surface area is 151 Å². The van der Waals surface area contributed by atoms with Gasteiger partial charge in [0.15, 0.2) is 11.0 Å². The molecule has 1 amide bonds. The van der Waals surface area contributed by atoms with Crippen LogP contribution in [0.15, 0.2) is 59.8 Å². The molecule has 128 valence electrons. The zero-order chi connectivity index (χ0) is 17.6. The predicted molar refractivity (Wildman–Crippen MR) is 100 cm³/mol. The predicted octanol–water partition coefficient (Wildman–Crippen LogP) is 3.62. The minimum atomic E-state index is -0.115. The van der Waals surface area contributed by atoms with Crippen molar-refractivity contribution in [1.82, 2.24) is 20.1 Å². The summed E-state index contributed by atoms with van der Waals surface area (Å²) in [6.45, 7) is 4.36. The maximum atomic E-state index is 12.4. The normalized spacial score (nSPS) is 10.6. The summed E-state index contributed by atoms with van der Waals surface area (Å²) >= 11 is 1.63. The number of aryl methyl sites for hydroxylation is 1. The maximum absolute atomic E-state index is 12.4. The molecule has 2 aromatic carbocycles. The van der Waals surface area contributed by atoms with Crippen molar-refractivity contribution in [1.29, 1.82) is 0 Å². The Balaban J connectivity index is 1.82. The van der Waals surface area contributed by atoms with Crippen LogP contribution in [0.3, 0.4) is 0 Å². The van der Waals surface area contributed by atoms with Crippen LogP contribution in [-0.4, -0.2) is 26.4 Å². The number of carbonyl (C=O) groups excluding carboxylic acids is 1. The fraction of sp³-hybridized carbons (Fsp3) is 0.211.